The summed E-state index contributed by atoms with van der Waals surface area (Å²) in [7, 11) is 0. The normalized spacial score (nSPS) is 17.7. The van der Waals surface area contributed by atoms with Gasteiger partial charge in [-0.1, -0.05) is 6.92 Å². The van der Waals surface area contributed by atoms with Gasteiger partial charge in [-0.25, -0.2) is 9.97 Å². The van der Waals surface area contributed by atoms with Gasteiger partial charge in [0.25, 0.3) is 0 Å². The van der Waals surface area contributed by atoms with Gasteiger partial charge in [0.15, 0.2) is 0 Å². The molecule has 4 nitrogen and oxygen atoms in total. The number of hydrogen-bond donors (Lipinski definition) is 1. The molecule has 0 aromatic carbocycles. The molecular formula is C15H26N4. The Balaban J connectivity index is 2.12. The second-order valence-corrected chi connectivity index (χ2v) is 6.00. The molecule has 0 aliphatic carbocycles. The quantitative estimate of drug-likeness (QED) is 0.894. The second-order valence-electron chi connectivity index (χ2n) is 6.00. The summed E-state index contributed by atoms with van der Waals surface area (Å²) in [4.78, 5) is 11.8. The Bertz CT molecular complexity index is 422. The summed E-state index contributed by atoms with van der Waals surface area (Å²) in [6, 6.07) is 2.08. The summed E-state index contributed by atoms with van der Waals surface area (Å²) in [5.41, 5.74) is 2.36. The van der Waals surface area contributed by atoms with Crippen LogP contribution in [0.5, 0.6) is 0 Å². The maximum absolute atomic E-state index is 4.68. The molecule has 0 radical (unpaired) electrons. The molecule has 1 saturated heterocycles. The number of piperazine rings is 1. The highest BCUT2D eigenvalue weighted by atomic mass is 15.2. The van der Waals surface area contributed by atoms with Gasteiger partial charge in [0.1, 0.15) is 5.82 Å². The lowest BCUT2D eigenvalue weighted by molar-refractivity contribution is 0.102. The van der Waals surface area contributed by atoms with E-state index >= 15 is 0 Å². The monoisotopic (exact) mass is 262 g/mol. The number of hydrogen-bond acceptors (Lipinski definition) is 4. The van der Waals surface area contributed by atoms with Crippen molar-refractivity contribution in [3.63, 3.8) is 0 Å². The Hall–Kier alpha value is -1.00. The van der Waals surface area contributed by atoms with Gasteiger partial charge >= 0.3 is 0 Å². The zero-order valence-electron chi connectivity index (χ0n) is 12.7. The standard InChI is InChI=1S/C15H26N4/c1-5-13-10-12(2)17-14(18-13)11-15(3,4)19-8-6-16-7-9-19/h10,16H,5-9,11H2,1-4H3. The molecule has 0 saturated carbocycles. The zero-order chi connectivity index (χ0) is 13.9. The second kappa shape index (κ2) is 5.97. The number of aromatic nitrogens is 2. The van der Waals surface area contributed by atoms with Gasteiger partial charge in [-0.05, 0) is 33.3 Å². The summed E-state index contributed by atoms with van der Waals surface area (Å²) in [6.07, 6.45) is 1.89. The number of nitrogens with one attached hydrogen (secondary N) is 1. The molecule has 19 heavy (non-hydrogen) atoms. The van der Waals surface area contributed by atoms with Gasteiger partial charge in [-0.15, -0.1) is 0 Å². The molecule has 0 amide bonds. The minimum atomic E-state index is 0.126. The molecule has 2 heterocycles. The highest BCUT2D eigenvalue weighted by Gasteiger charge is 2.29. The first-order chi connectivity index (χ1) is 9.01. The first-order valence-corrected chi connectivity index (χ1v) is 7.30. The highest BCUT2D eigenvalue weighted by molar-refractivity contribution is 5.11. The fourth-order valence-corrected chi connectivity index (χ4v) is 2.73. The molecule has 0 atom stereocenters. The van der Waals surface area contributed by atoms with Crippen molar-refractivity contribution >= 4 is 0 Å². The van der Waals surface area contributed by atoms with E-state index in [9.17, 15) is 0 Å². The molecule has 1 N–H and O–H groups in total. The third-order valence-electron chi connectivity index (χ3n) is 3.88. The van der Waals surface area contributed by atoms with Crippen molar-refractivity contribution in [1.82, 2.24) is 20.2 Å². The molecular weight excluding hydrogens is 236 g/mol. The Labute approximate surface area is 116 Å². The van der Waals surface area contributed by atoms with E-state index in [0.717, 1.165) is 56.2 Å². The third-order valence-corrected chi connectivity index (χ3v) is 3.88. The lowest BCUT2D eigenvalue weighted by Crippen LogP contribution is -2.54. The number of nitrogens with zero attached hydrogens (tertiary/aromatic N) is 3. The van der Waals surface area contributed by atoms with E-state index in [1.54, 1.807) is 0 Å². The van der Waals surface area contributed by atoms with Crippen LogP contribution in [-0.4, -0.2) is 46.6 Å². The van der Waals surface area contributed by atoms with Crippen molar-refractivity contribution in [3.05, 3.63) is 23.3 Å². The number of aryl methyl sites for hydroxylation is 2. The van der Waals surface area contributed by atoms with Crippen LogP contribution in [0.2, 0.25) is 0 Å². The van der Waals surface area contributed by atoms with E-state index in [-0.39, 0.29) is 5.54 Å². The third kappa shape index (κ3) is 3.74. The van der Waals surface area contributed by atoms with Gasteiger partial charge in [-0.3, -0.25) is 4.90 Å². The van der Waals surface area contributed by atoms with E-state index in [0.29, 0.717) is 0 Å². The lowest BCUT2D eigenvalue weighted by Gasteiger charge is -2.41. The van der Waals surface area contributed by atoms with Gasteiger partial charge in [0, 0.05) is 49.5 Å². The molecule has 4 heteroatoms. The maximum atomic E-state index is 4.68. The average molecular weight is 262 g/mol. The molecule has 1 aliphatic heterocycles. The summed E-state index contributed by atoms with van der Waals surface area (Å²) in [5.74, 6) is 0.986. The fraction of sp³-hybridized carbons (Fsp3) is 0.733. The van der Waals surface area contributed by atoms with Gasteiger partial charge in [0.2, 0.25) is 0 Å². The molecule has 1 fully saturated rings. The van der Waals surface area contributed by atoms with Crippen LogP contribution in [-0.2, 0) is 12.8 Å². The lowest BCUT2D eigenvalue weighted by atomic mass is 9.96. The van der Waals surface area contributed by atoms with Crippen LogP contribution in [0.15, 0.2) is 6.07 Å². The molecule has 1 aliphatic rings. The van der Waals surface area contributed by atoms with E-state index in [1.807, 2.05) is 0 Å². The van der Waals surface area contributed by atoms with Crippen molar-refractivity contribution in [3.8, 4) is 0 Å². The molecule has 1 aromatic heterocycles. The fourth-order valence-electron chi connectivity index (χ4n) is 2.73. The Morgan fingerprint density at radius 1 is 1.26 bits per heavy atom. The van der Waals surface area contributed by atoms with Crippen LogP contribution in [0.4, 0.5) is 0 Å². The topological polar surface area (TPSA) is 41.1 Å². The minimum Gasteiger partial charge on any atom is -0.314 e. The average Bonchev–Trinajstić information content (AvgIpc) is 2.38. The molecule has 0 bridgehead atoms. The van der Waals surface area contributed by atoms with Crippen molar-refractivity contribution in [2.75, 3.05) is 26.2 Å². The Morgan fingerprint density at radius 2 is 1.95 bits per heavy atom. The molecule has 0 unspecified atom stereocenters. The van der Waals surface area contributed by atoms with Crippen LogP contribution in [0.3, 0.4) is 0 Å². The van der Waals surface area contributed by atoms with E-state index in [2.05, 4.69) is 53.9 Å². The Kier molecular flexibility index (Phi) is 4.53. The first kappa shape index (κ1) is 14.4. The predicted octanol–water partition coefficient (Wildman–Crippen LogP) is 1.57. The minimum absolute atomic E-state index is 0.126. The van der Waals surface area contributed by atoms with Gasteiger partial charge in [0.05, 0.1) is 0 Å². The SMILES string of the molecule is CCc1cc(C)nc(CC(C)(C)N2CCNCC2)n1. The van der Waals surface area contributed by atoms with Crippen molar-refractivity contribution in [2.24, 2.45) is 0 Å². The van der Waals surface area contributed by atoms with Crippen molar-refractivity contribution in [1.29, 1.82) is 0 Å². The zero-order valence-corrected chi connectivity index (χ0v) is 12.7. The summed E-state index contributed by atoms with van der Waals surface area (Å²) in [6.45, 7) is 13.2. The van der Waals surface area contributed by atoms with Crippen LogP contribution < -0.4 is 5.32 Å². The summed E-state index contributed by atoms with van der Waals surface area (Å²) < 4.78 is 0. The van der Waals surface area contributed by atoms with Crippen LogP contribution in [0, 0.1) is 6.92 Å². The van der Waals surface area contributed by atoms with Crippen LogP contribution in [0.25, 0.3) is 0 Å². The Morgan fingerprint density at radius 3 is 2.58 bits per heavy atom. The first-order valence-electron chi connectivity index (χ1n) is 7.30. The van der Waals surface area contributed by atoms with Gasteiger partial charge in [-0.2, -0.15) is 0 Å². The van der Waals surface area contributed by atoms with Crippen LogP contribution >= 0.6 is 0 Å². The largest absolute Gasteiger partial charge is 0.314 e. The van der Waals surface area contributed by atoms with Crippen molar-refractivity contribution in [2.45, 2.75) is 46.1 Å². The molecule has 106 valence electrons. The smallest absolute Gasteiger partial charge is 0.130 e. The predicted molar refractivity (Wildman–Crippen MR) is 78.4 cm³/mol. The molecule has 2 rings (SSSR count). The maximum Gasteiger partial charge on any atom is 0.130 e. The van der Waals surface area contributed by atoms with Gasteiger partial charge < -0.3 is 5.32 Å². The van der Waals surface area contributed by atoms with E-state index < -0.39 is 0 Å². The summed E-state index contributed by atoms with van der Waals surface area (Å²) >= 11 is 0. The van der Waals surface area contributed by atoms with Crippen LogP contribution in [0.1, 0.15) is 38.0 Å². The molecule has 1 aromatic rings. The van der Waals surface area contributed by atoms with E-state index in [4.69, 9.17) is 0 Å². The molecule has 0 spiro atoms. The number of rotatable bonds is 4. The van der Waals surface area contributed by atoms with E-state index in [1.165, 1.54) is 0 Å². The van der Waals surface area contributed by atoms with Crippen molar-refractivity contribution < 1.29 is 0 Å². The summed E-state index contributed by atoms with van der Waals surface area (Å²) in [5, 5.41) is 3.41. The highest BCUT2D eigenvalue weighted by Crippen LogP contribution is 2.19.